The van der Waals surface area contributed by atoms with Gasteiger partial charge in [0.05, 0.1) is 0 Å². The highest BCUT2D eigenvalue weighted by Gasteiger charge is 2.12. The van der Waals surface area contributed by atoms with E-state index in [1.165, 1.54) is 0 Å². The molecule has 3 nitrogen and oxygen atoms in total. The summed E-state index contributed by atoms with van der Waals surface area (Å²) in [5.41, 5.74) is 1.01. The van der Waals surface area contributed by atoms with E-state index in [0.29, 0.717) is 19.4 Å². The molecule has 0 saturated carbocycles. The van der Waals surface area contributed by atoms with E-state index in [9.17, 15) is 4.79 Å². The van der Waals surface area contributed by atoms with Crippen molar-refractivity contribution in [2.24, 2.45) is 0 Å². The number of hydrogen-bond donors (Lipinski definition) is 1. The Morgan fingerprint density at radius 3 is 3.33 bits per heavy atom. The fourth-order valence-corrected chi connectivity index (χ4v) is 1.36. The summed E-state index contributed by atoms with van der Waals surface area (Å²) < 4.78 is 0. The minimum absolute atomic E-state index is 0.286. The largest absolute Gasteiger partial charge is 0.369 e. The van der Waals surface area contributed by atoms with Crippen LogP contribution in [0.3, 0.4) is 0 Å². The number of carbonyl (C=O) groups is 1. The Kier molecular flexibility index (Phi) is 1.78. The molecule has 62 valence electrons. The lowest BCUT2D eigenvalue weighted by molar-refractivity contribution is -0.118. The lowest BCUT2D eigenvalue weighted by Crippen LogP contribution is -2.04. The topological polar surface area (TPSA) is 42.0 Å². The second-order valence-electron chi connectivity index (χ2n) is 2.90. The number of anilines is 1. The lowest BCUT2D eigenvalue weighted by atomic mass is 10.1. The maximum atomic E-state index is 11.2. The number of hydrogen-bond acceptors (Lipinski definition) is 3. The monoisotopic (exact) mass is 162 g/mol. The van der Waals surface area contributed by atoms with E-state index >= 15 is 0 Å². The Bertz CT molecular complexity index is 309. The highest BCUT2D eigenvalue weighted by molar-refractivity contribution is 5.83. The van der Waals surface area contributed by atoms with Gasteiger partial charge in [-0.3, -0.25) is 4.79 Å². The summed E-state index contributed by atoms with van der Waals surface area (Å²) in [5, 5.41) is 3.12. The van der Waals surface area contributed by atoms with Crippen molar-refractivity contribution in [1.29, 1.82) is 0 Å². The first-order valence-electron chi connectivity index (χ1n) is 4.06. The molecule has 1 N–H and O–H groups in total. The van der Waals surface area contributed by atoms with Gasteiger partial charge in [-0.15, -0.1) is 0 Å². The van der Waals surface area contributed by atoms with E-state index in [1.807, 2.05) is 12.1 Å². The van der Waals surface area contributed by atoms with Crippen molar-refractivity contribution in [2.45, 2.75) is 12.8 Å². The molecule has 0 fully saturated rings. The van der Waals surface area contributed by atoms with Crippen molar-refractivity contribution < 1.29 is 4.79 Å². The smallest absolute Gasteiger partial charge is 0.139 e. The summed E-state index contributed by atoms with van der Waals surface area (Å²) in [4.78, 5) is 15.3. The minimum Gasteiger partial charge on any atom is -0.369 e. The van der Waals surface area contributed by atoms with Crippen LogP contribution in [0.4, 0.5) is 5.82 Å². The van der Waals surface area contributed by atoms with E-state index < -0.39 is 0 Å². The van der Waals surface area contributed by atoms with Gasteiger partial charge in [0.25, 0.3) is 0 Å². The van der Waals surface area contributed by atoms with Gasteiger partial charge in [-0.1, -0.05) is 6.07 Å². The normalized spacial score (nSPS) is 16.2. The first kappa shape index (κ1) is 7.28. The molecule has 3 heteroatoms. The zero-order valence-corrected chi connectivity index (χ0v) is 6.71. The number of carbonyl (C=O) groups excluding carboxylic acids is 1. The molecular weight excluding hydrogens is 152 g/mol. The van der Waals surface area contributed by atoms with Crippen LogP contribution in [-0.4, -0.2) is 17.3 Å². The summed E-state index contributed by atoms with van der Waals surface area (Å²) in [5.74, 6) is 1.15. The van der Waals surface area contributed by atoms with Crippen molar-refractivity contribution in [2.75, 3.05) is 11.9 Å². The van der Waals surface area contributed by atoms with Gasteiger partial charge in [0.1, 0.15) is 11.6 Å². The average molecular weight is 162 g/mol. The summed E-state index contributed by atoms with van der Waals surface area (Å²) in [6.07, 6.45) is 2.87. The van der Waals surface area contributed by atoms with Gasteiger partial charge in [-0.2, -0.15) is 0 Å². The van der Waals surface area contributed by atoms with Crippen LogP contribution in [0, 0.1) is 0 Å². The molecule has 0 radical (unpaired) electrons. The zero-order chi connectivity index (χ0) is 8.39. The fourth-order valence-electron chi connectivity index (χ4n) is 1.36. The van der Waals surface area contributed by atoms with E-state index in [2.05, 4.69) is 10.3 Å². The molecule has 1 aromatic heterocycles. The van der Waals surface area contributed by atoms with Gasteiger partial charge in [-0.05, 0) is 6.07 Å². The fraction of sp³-hybridized carbons (Fsp3) is 0.333. The van der Waals surface area contributed by atoms with Crippen molar-refractivity contribution in [1.82, 2.24) is 4.98 Å². The van der Waals surface area contributed by atoms with Gasteiger partial charge in [0.2, 0.25) is 0 Å². The number of fused-ring (bicyclic) bond motifs is 1. The Hall–Kier alpha value is -1.38. The molecule has 1 aromatic rings. The molecule has 0 saturated heterocycles. The predicted molar refractivity (Wildman–Crippen MR) is 46.1 cm³/mol. The minimum atomic E-state index is 0.286. The van der Waals surface area contributed by atoms with Crippen molar-refractivity contribution >= 4 is 11.6 Å². The Morgan fingerprint density at radius 2 is 2.42 bits per heavy atom. The van der Waals surface area contributed by atoms with Crippen LogP contribution in [0.25, 0.3) is 0 Å². The Labute approximate surface area is 70.8 Å². The number of Topliss-reactive ketones (excluding diaryl/α,β-unsaturated/α-hetero) is 1. The van der Waals surface area contributed by atoms with Crippen molar-refractivity contribution in [3.63, 3.8) is 0 Å². The molecule has 0 atom stereocenters. The summed E-state index contributed by atoms with van der Waals surface area (Å²) in [6.45, 7) is 0.711. The molecule has 0 bridgehead atoms. The number of ketones is 1. The molecule has 1 aliphatic heterocycles. The van der Waals surface area contributed by atoms with E-state index in [0.717, 1.165) is 11.4 Å². The second kappa shape index (κ2) is 2.93. The molecule has 0 aromatic carbocycles. The lowest BCUT2D eigenvalue weighted by Gasteiger charge is -2.02. The van der Waals surface area contributed by atoms with Gasteiger partial charge in [0, 0.05) is 31.1 Å². The second-order valence-corrected chi connectivity index (χ2v) is 2.90. The quantitative estimate of drug-likeness (QED) is 0.619. The zero-order valence-electron chi connectivity index (χ0n) is 6.71. The first-order chi connectivity index (χ1) is 5.86. The average Bonchev–Trinajstić information content (AvgIpc) is 2.25. The number of rotatable bonds is 0. The Morgan fingerprint density at radius 1 is 1.50 bits per heavy atom. The van der Waals surface area contributed by atoms with Crippen LogP contribution < -0.4 is 5.32 Å². The maximum absolute atomic E-state index is 11.2. The summed E-state index contributed by atoms with van der Waals surface area (Å²) in [7, 11) is 0. The number of nitrogens with zero attached hydrogens (tertiary/aromatic N) is 1. The molecule has 1 aliphatic rings. The molecule has 0 aliphatic carbocycles. The van der Waals surface area contributed by atoms with Crippen LogP contribution in [-0.2, 0) is 11.2 Å². The Balaban J connectivity index is 2.37. The van der Waals surface area contributed by atoms with Crippen molar-refractivity contribution in [3.8, 4) is 0 Å². The number of pyridine rings is 1. The van der Waals surface area contributed by atoms with Crippen LogP contribution in [0.1, 0.15) is 12.0 Å². The molecule has 0 amide bonds. The van der Waals surface area contributed by atoms with Crippen LogP contribution >= 0.6 is 0 Å². The number of aromatic nitrogens is 1. The van der Waals surface area contributed by atoms with Crippen LogP contribution in [0.2, 0.25) is 0 Å². The summed E-state index contributed by atoms with van der Waals surface area (Å²) >= 11 is 0. The third kappa shape index (κ3) is 1.30. The highest BCUT2D eigenvalue weighted by Crippen LogP contribution is 2.15. The van der Waals surface area contributed by atoms with Gasteiger partial charge < -0.3 is 5.32 Å². The molecule has 0 unspecified atom stereocenters. The third-order valence-electron chi connectivity index (χ3n) is 1.98. The molecule has 2 heterocycles. The molecule has 12 heavy (non-hydrogen) atoms. The standard InChI is InChI=1S/C9H10N2O/c12-8-3-5-11-9-7(6-8)2-1-4-10-9/h1-2,4H,3,5-6H2,(H,10,11). The molecular formula is C9H10N2O. The SMILES string of the molecule is O=C1CCNc2ncccc2C1. The van der Waals surface area contributed by atoms with Gasteiger partial charge in [-0.25, -0.2) is 4.98 Å². The molecule has 0 spiro atoms. The van der Waals surface area contributed by atoms with Crippen LogP contribution in [0.5, 0.6) is 0 Å². The van der Waals surface area contributed by atoms with E-state index in [1.54, 1.807) is 6.20 Å². The molecule has 2 rings (SSSR count). The van der Waals surface area contributed by atoms with Gasteiger partial charge in [0.15, 0.2) is 0 Å². The highest BCUT2D eigenvalue weighted by atomic mass is 16.1. The van der Waals surface area contributed by atoms with Crippen LogP contribution in [0.15, 0.2) is 18.3 Å². The third-order valence-corrected chi connectivity index (χ3v) is 1.98. The first-order valence-corrected chi connectivity index (χ1v) is 4.06. The maximum Gasteiger partial charge on any atom is 0.139 e. The predicted octanol–water partition coefficient (Wildman–Crippen LogP) is 1.01. The summed E-state index contributed by atoms with van der Waals surface area (Å²) in [6, 6.07) is 3.80. The van der Waals surface area contributed by atoms with E-state index in [-0.39, 0.29) is 5.78 Å². The van der Waals surface area contributed by atoms with Crippen molar-refractivity contribution in [3.05, 3.63) is 23.9 Å². The van der Waals surface area contributed by atoms with E-state index in [4.69, 9.17) is 0 Å². The number of nitrogens with one attached hydrogen (secondary N) is 1. The van der Waals surface area contributed by atoms with Gasteiger partial charge >= 0.3 is 0 Å².